The highest BCUT2D eigenvalue weighted by atomic mass is 35.5. The third-order valence-electron chi connectivity index (χ3n) is 2.78. The molecule has 0 saturated heterocycles. The third-order valence-corrected chi connectivity index (χ3v) is 4.72. The maximum Gasteiger partial charge on any atom is 0.262 e. The van der Waals surface area contributed by atoms with Crippen LogP contribution < -0.4 is 0 Å². The van der Waals surface area contributed by atoms with Crippen LogP contribution in [0.3, 0.4) is 0 Å². The molecule has 0 aliphatic carbocycles. The summed E-state index contributed by atoms with van der Waals surface area (Å²) in [4.78, 5) is 4.11. The van der Waals surface area contributed by atoms with E-state index in [4.69, 9.17) is 16.3 Å². The molecule has 1 rings (SSSR count). The fraction of sp³-hybridized carbons (Fsp3) is 0.727. The number of aryl methyl sites for hydroxylation is 2. The molecule has 0 amide bonds. The molecular formula is C11H20ClN3O3S. The first kappa shape index (κ1) is 16.4. The first-order chi connectivity index (χ1) is 8.97. The SMILES string of the molecule is CCn1cc(S(=O)(=O)N(CCCl)CCOC)nc1C. The number of ether oxygens (including phenoxy) is 1. The van der Waals surface area contributed by atoms with Gasteiger partial charge in [-0.25, -0.2) is 13.4 Å². The summed E-state index contributed by atoms with van der Waals surface area (Å²) in [5.41, 5.74) is 0. The van der Waals surface area contributed by atoms with Crippen LogP contribution in [0.1, 0.15) is 12.7 Å². The van der Waals surface area contributed by atoms with Crippen molar-refractivity contribution >= 4 is 21.6 Å². The number of rotatable bonds is 8. The zero-order valence-corrected chi connectivity index (χ0v) is 13.0. The molecule has 1 aromatic heterocycles. The van der Waals surface area contributed by atoms with Crippen LogP contribution in [0.15, 0.2) is 11.2 Å². The second-order valence-corrected chi connectivity index (χ2v) is 6.26. The van der Waals surface area contributed by atoms with Crippen LogP contribution in [-0.4, -0.2) is 55.0 Å². The van der Waals surface area contributed by atoms with Gasteiger partial charge >= 0.3 is 0 Å². The fourth-order valence-electron chi connectivity index (χ4n) is 1.70. The minimum atomic E-state index is -3.61. The Morgan fingerprint density at radius 2 is 2.16 bits per heavy atom. The summed E-state index contributed by atoms with van der Waals surface area (Å²) in [6, 6.07) is 0. The summed E-state index contributed by atoms with van der Waals surface area (Å²) in [5.74, 6) is 0.912. The number of halogens is 1. The number of alkyl halides is 1. The molecule has 6 nitrogen and oxygen atoms in total. The molecule has 1 aromatic rings. The molecular weight excluding hydrogens is 290 g/mol. The van der Waals surface area contributed by atoms with E-state index in [1.165, 1.54) is 11.4 Å². The predicted octanol–water partition coefficient (Wildman–Crippen LogP) is 1.09. The summed E-state index contributed by atoms with van der Waals surface area (Å²) in [7, 11) is -2.08. The van der Waals surface area contributed by atoms with Gasteiger partial charge < -0.3 is 9.30 Å². The quantitative estimate of drug-likeness (QED) is 0.674. The van der Waals surface area contributed by atoms with Crippen LogP contribution in [0.25, 0.3) is 0 Å². The van der Waals surface area contributed by atoms with Crippen molar-refractivity contribution in [3.8, 4) is 0 Å². The Kier molecular flexibility index (Phi) is 6.25. The molecule has 0 unspecified atom stereocenters. The van der Waals surface area contributed by atoms with Crippen molar-refractivity contribution in [3.05, 3.63) is 12.0 Å². The van der Waals surface area contributed by atoms with Gasteiger partial charge in [-0.05, 0) is 13.8 Å². The molecule has 19 heavy (non-hydrogen) atoms. The molecule has 1 heterocycles. The Hall–Kier alpha value is -0.630. The van der Waals surface area contributed by atoms with Gasteiger partial charge in [0.2, 0.25) is 0 Å². The Labute approximate surface area is 119 Å². The van der Waals surface area contributed by atoms with Gasteiger partial charge in [-0.2, -0.15) is 4.31 Å². The zero-order chi connectivity index (χ0) is 14.5. The smallest absolute Gasteiger partial charge is 0.262 e. The van der Waals surface area contributed by atoms with Crippen molar-refractivity contribution in [3.63, 3.8) is 0 Å². The highest BCUT2D eigenvalue weighted by Crippen LogP contribution is 2.15. The van der Waals surface area contributed by atoms with Gasteiger partial charge in [0.05, 0.1) is 6.61 Å². The van der Waals surface area contributed by atoms with E-state index in [9.17, 15) is 8.42 Å². The molecule has 0 aliphatic rings. The molecule has 0 radical (unpaired) electrons. The molecule has 0 aromatic carbocycles. The molecule has 0 bridgehead atoms. The third kappa shape index (κ3) is 3.92. The van der Waals surface area contributed by atoms with Crippen molar-refractivity contribution in [1.82, 2.24) is 13.9 Å². The molecule has 8 heteroatoms. The summed E-state index contributed by atoms with van der Waals surface area (Å²) in [5, 5.41) is 0.0630. The summed E-state index contributed by atoms with van der Waals surface area (Å²) in [6.07, 6.45) is 1.55. The van der Waals surface area contributed by atoms with Crippen molar-refractivity contribution < 1.29 is 13.2 Å². The van der Waals surface area contributed by atoms with Gasteiger partial charge in [-0.15, -0.1) is 11.6 Å². The summed E-state index contributed by atoms with van der Waals surface area (Å²) in [6.45, 7) is 5.23. The van der Waals surface area contributed by atoms with Gasteiger partial charge in [0.15, 0.2) is 5.03 Å². The average Bonchev–Trinajstić information content (AvgIpc) is 2.76. The molecule has 110 valence electrons. The van der Waals surface area contributed by atoms with Crippen molar-refractivity contribution in [2.75, 3.05) is 32.7 Å². The minimum Gasteiger partial charge on any atom is -0.383 e. The highest BCUT2D eigenvalue weighted by molar-refractivity contribution is 7.89. The van der Waals surface area contributed by atoms with E-state index in [1.807, 2.05) is 6.92 Å². The Balaban J connectivity index is 3.03. The fourth-order valence-corrected chi connectivity index (χ4v) is 3.42. The standard InChI is InChI=1S/C11H20ClN3O3S/c1-4-14-9-11(13-10(14)2)19(16,17)15(6-5-12)7-8-18-3/h9H,4-8H2,1-3H3. The van der Waals surface area contributed by atoms with E-state index in [1.54, 1.807) is 17.7 Å². The summed E-state index contributed by atoms with van der Waals surface area (Å²) >= 11 is 5.66. The maximum absolute atomic E-state index is 12.4. The zero-order valence-electron chi connectivity index (χ0n) is 11.5. The largest absolute Gasteiger partial charge is 0.383 e. The lowest BCUT2D eigenvalue weighted by molar-refractivity contribution is 0.180. The number of aromatic nitrogens is 2. The second kappa shape index (κ2) is 7.23. The van der Waals surface area contributed by atoms with Crippen LogP contribution >= 0.6 is 11.6 Å². The molecule has 0 N–H and O–H groups in total. The van der Waals surface area contributed by atoms with Gasteiger partial charge in [0.1, 0.15) is 5.82 Å². The topological polar surface area (TPSA) is 64.4 Å². The van der Waals surface area contributed by atoms with E-state index < -0.39 is 10.0 Å². The van der Waals surface area contributed by atoms with E-state index in [2.05, 4.69) is 4.98 Å². The van der Waals surface area contributed by atoms with Crippen LogP contribution in [0.4, 0.5) is 0 Å². The number of sulfonamides is 1. The van der Waals surface area contributed by atoms with E-state index in [0.717, 1.165) is 0 Å². The lowest BCUT2D eigenvalue weighted by atomic mass is 10.6. The first-order valence-electron chi connectivity index (χ1n) is 6.06. The minimum absolute atomic E-state index is 0.0630. The second-order valence-electron chi connectivity index (χ2n) is 4.00. The Morgan fingerprint density at radius 1 is 1.47 bits per heavy atom. The molecule has 0 fully saturated rings. The first-order valence-corrected chi connectivity index (χ1v) is 8.03. The highest BCUT2D eigenvalue weighted by Gasteiger charge is 2.26. The van der Waals surface area contributed by atoms with Crippen LogP contribution in [0, 0.1) is 6.92 Å². The van der Waals surface area contributed by atoms with Gasteiger partial charge in [0.25, 0.3) is 10.0 Å². The number of hydrogen-bond donors (Lipinski definition) is 0. The van der Waals surface area contributed by atoms with E-state index in [0.29, 0.717) is 19.0 Å². The van der Waals surface area contributed by atoms with Crippen LogP contribution in [0.5, 0.6) is 0 Å². The van der Waals surface area contributed by atoms with Gasteiger partial charge in [-0.1, -0.05) is 0 Å². The van der Waals surface area contributed by atoms with Crippen molar-refractivity contribution in [1.29, 1.82) is 0 Å². The predicted molar refractivity (Wildman–Crippen MR) is 74.0 cm³/mol. The number of methoxy groups -OCH3 is 1. The normalized spacial score (nSPS) is 12.3. The molecule has 0 aliphatic heterocycles. The number of nitrogens with zero attached hydrogens (tertiary/aromatic N) is 3. The summed E-state index contributed by atoms with van der Waals surface area (Å²) < 4.78 is 32.9. The van der Waals surface area contributed by atoms with Crippen molar-refractivity contribution in [2.24, 2.45) is 0 Å². The van der Waals surface area contributed by atoms with E-state index >= 15 is 0 Å². The number of hydrogen-bond acceptors (Lipinski definition) is 4. The van der Waals surface area contributed by atoms with Crippen LogP contribution in [0.2, 0.25) is 0 Å². The van der Waals surface area contributed by atoms with Crippen LogP contribution in [-0.2, 0) is 21.3 Å². The Bertz CT molecular complexity index is 501. The average molecular weight is 310 g/mol. The molecule has 0 spiro atoms. The van der Waals surface area contributed by atoms with Gasteiger partial charge in [0, 0.05) is 38.8 Å². The lowest BCUT2D eigenvalue weighted by Gasteiger charge is -2.19. The molecule has 0 saturated carbocycles. The van der Waals surface area contributed by atoms with Gasteiger partial charge in [-0.3, -0.25) is 0 Å². The molecule has 0 atom stereocenters. The maximum atomic E-state index is 12.4. The van der Waals surface area contributed by atoms with E-state index in [-0.39, 0.29) is 24.0 Å². The van der Waals surface area contributed by atoms with Crippen molar-refractivity contribution in [2.45, 2.75) is 25.4 Å². The number of imidazole rings is 1. The monoisotopic (exact) mass is 309 g/mol. The lowest BCUT2D eigenvalue weighted by Crippen LogP contribution is -2.35. The Morgan fingerprint density at radius 3 is 2.63 bits per heavy atom.